The standard InChI is InChI=1S/C15H23N5O/c1-4-20-10-16-7-12(20)8-17-14-5-6-21-15(14)13-9-19(3)18-11(13)2/h7,9-10,14-15,17H,4-6,8H2,1-3H3/t14-,15+/m0/s1. The average molecular weight is 289 g/mol. The highest BCUT2D eigenvalue weighted by Crippen LogP contribution is 2.30. The second kappa shape index (κ2) is 5.99. The summed E-state index contributed by atoms with van der Waals surface area (Å²) in [5, 5.41) is 8.04. The molecule has 21 heavy (non-hydrogen) atoms. The highest BCUT2D eigenvalue weighted by molar-refractivity contribution is 5.21. The van der Waals surface area contributed by atoms with E-state index in [1.807, 2.05) is 31.2 Å². The zero-order valence-electron chi connectivity index (χ0n) is 12.9. The molecule has 3 heterocycles. The van der Waals surface area contributed by atoms with E-state index in [2.05, 4.69) is 33.1 Å². The van der Waals surface area contributed by atoms with Crippen LogP contribution in [-0.4, -0.2) is 32.0 Å². The molecular weight excluding hydrogens is 266 g/mol. The summed E-state index contributed by atoms with van der Waals surface area (Å²) in [4.78, 5) is 4.21. The summed E-state index contributed by atoms with van der Waals surface area (Å²) in [6.45, 7) is 6.73. The minimum atomic E-state index is 0.0942. The fourth-order valence-corrected chi connectivity index (χ4v) is 3.02. The van der Waals surface area contributed by atoms with E-state index in [-0.39, 0.29) is 6.10 Å². The van der Waals surface area contributed by atoms with Crippen LogP contribution in [0.2, 0.25) is 0 Å². The Kier molecular flexibility index (Phi) is 4.07. The summed E-state index contributed by atoms with van der Waals surface area (Å²) in [6.07, 6.45) is 6.99. The number of hydrogen-bond acceptors (Lipinski definition) is 4. The van der Waals surface area contributed by atoms with Crippen molar-refractivity contribution in [1.82, 2.24) is 24.6 Å². The van der Waals surface area contributed by atoms with E-state index in [1.165, 1.54) is 11.3 Å². The van der Waals surface area contributed by atoms with E-state index in [0.717, 1.165) is 31.8 Å². The zero-order valence-corrected chi connectivity index (χ0v) is 12.9. The number of hydrogen-bond donors (Lipinski definition) is 1. The smallest absolute Gasteiger partial charge is 0.101 e. The maximum Gasteiger partial charge on any atom is 0.101 e. The lowest BCUT2D eigenvalue weighted by Crippen LogP contribution is -2.32. The Labute approximate surface area is 125 Å². The summed E-state index contributed by atoms with van der Waals surface area (Å²) in [5.74, 6) is 0. The van der Waals surface area contributed by atoms with Gasteiger partial charge in [0, 0.05) is 50.7 Å². The van der Waals surface area contributed by atoms with Crippen molar-refractivity contribution in [1.29, 1.82) is 0 Å². The molecule has 0 aliphatic carbocycles. The Hall–Kier alpha value is -1.66. The van der Waals surface area contributed by atoms with Crippen LogP contribution in [0.3, 0.4) is 0 Å². The van der Waals surface area contributed by atoms with Crippen LogP contribution in [0.4, 0.5) is 0 Å². The molecule has 0 spiro atoms. The van der Waals surface area contributed by atoms with Gasteiger partial charge in [-0.1, -0.05) is 0 Å². The van der Waals surface area contributed by atoms with E-state index in [9.17, 15) is 0 Å². The summed E-state index contributed by atoms with van der Waals surface area (Å²) >= 11 is 0. The molecule has 114 valence electrons. The number of aromatic nitrogens is 4. The quantitative estimate of drug-likeness (QED) is 0.907. The van der Waals surface area contributed by atoms with Gasteiger partial charge in [-0.15, -0.1) is 0 Å². The molecule has 1 N–H and O–H groups in total. The highest BCUT2D eigenvalue weighted by atomic mass is 16.5. The maximum absolute atomic E-state index is 5.93. The Balaban J connectivity index is 1.69. The number of nitrogens with zero attached hydrogens (tertiary/aromatic N) is 4. The van der Waals surface area contributed by atoms with Crippen molar-refractivity contribution in [2.75, 3.05) is 6.61 Å². The molecule has 0 saturated carbocycles. The Morgan fingerprint density at radius 2 is 2.33 bits per heavy atom. The van der Waals surface area contributed by atoms with Crippen LogP contribution in [0.15, 0.2) is 18.7 Å². The summed E-state index contributed by atoms with van der Waals surface area (Å²) in [6, 6.07) is 0.327. The van der Waals surface area contributed by atoms with Gasteiger partial charge in [0.1, 0.15) is 6.10 Å². The van der Waals surface area contributed by atoms with Crippen LogP contribution in [0.25, 0.3) is 0 Å². The molecular formula is C15H23N5O. The lowest BCUT2D eigenvalue weighted by molar-refractivity contribution is 0.0978. The van der Waals surface area contributed by atoms with Gasteiger partial charge in [-0.3, -0.25) is 4.68 Å². The lowest BCUT2D eigenvalue weighted by atomic mass is 10.0. The molecule has 2 aromatic heterocycles. The summed E-state index contributed by atoms with van der Waals surface area (Å²) < 4.78 is 9.95. The van der Waals surface area contributed by atoms with Crippen molar-refractivity contribution in [2.24, 2.45) is 7.05 Å². The molecule has 2 aromatic rings. The first-order chi connectivity index (χ1) is 10.2. The molecule has 6 heteroatoms. The van der Waals surface area contributed by atoms with Crippen LogP contribution >= 0.6 is 0 Å². The van der Waals surface area contributed by atoms with Crippen LogP contribution in [0.5, 0.6) is 0 Å². The topological polar surface area (TPSA) is 56.9 Å². The van der Waals surface area contributed by atoms with Gasteiger partial charge in [-0.2, -0.15) is 5.10 Å². The summed E-state index contributed by atoms with van der Waals surface area (Å²) in [5.41, 5.74) is 3.46. The highest BCUT2D eigenvalue weighted by Gasteiger charge is 2.31. The third-order valence-corrected chi connectivity index (χ3v) is 4.13. The van der Waals surface area contributed by atoms with Crippen molar-refractivity contribution in [3.63, 3.8) is 0 Å². The van der Waals surface area contributed by atoms with Crippen LogP contribution in [-0.2, 0) is 24.9 Å². The van der Waals surface area contributed by atoms with Gasteiger partial charge < -0.3 is 14.6 Å². The van der Waals surface area contributed by atoms with Crippen molar-refractivity contribution >= 4 is 0 Å². The van der Waals surface area contributed by atoms with Gasteiger partial charge in [-0.25, -0.2) is 4.98 Å². The lowest BCUT2D eigenvalue weighted by Gasteiger charge is -2.20. The van der Waals surface area contributed by atoms with Gasteiger partial charge in [0.05, 0.1) is 17.7 Å². The predicted molar refractivity (Wildman–Crippen MR) is 79.8 cm³/mol. The number of rotatable bonds is 5. The minimum absolute atomic E-state index is 0.0942. The molecule has 1 saturated heterocycles. The van der Waals surface area contributed by atoms with Crippen LogP contribution in [0, 0.1) is 6.92 Å². The van der Waals surface area contributed by atoms with E-state index < -0.39 is 0 Å². The zero-order chi connectivity index (χ0) is 14.8. The Bertz CT molecular complexity index is 603. The molecule has 0 aromatic carbocycles. The molecule has 3 rings (SSSR count). The normalized spacial score (nSPS) is 22.0. The van der Waals surface area contributed by atoms with Crippen molar-refractivity contribution in [3.05, 3.63) is 35.7 Å². The van der Waals surface area contributed by atoms with Gasteiger partial charge in [0.25, 0.3) is 0 Å². The number of imidazole rings is 1. The van der Waals surface area contributed by atoms with Crippen LogP contribution < -0.4 is 5.32 Å². The molecule has 0 bridgehead atoms. The first-order valence-corrected chi connectivity index (χ1v) is 7.53. The van der Waals surface area contributed by atoms with Crippen molar-refractivity contribution < 1.29 is 4.74 Å². The van der Waals surface area contributed by atoms with Crippen molar-refractivity contribution in [3.8, 4) is 0 Å². The van der Waals surface area contributed by atoms with E-state index in [4.69, 9.17) is 4.74 Å². The molecule has 0 unspecified atom stereocenters. The Morgan fingerprint density at radius 3 is 3.05 bits per heavy atom. The van der Waals surface area contributed by atoms with E-state index in [0.29, 0.717) is 6.04 Å². The summed E-state index contributed by atoms with van der Waals surface area (Å²) in [7, 11) is 1.95. The SMILES string of the molecule is CCn1cncc1CN[C@H]1CCO[C@@H]1c1cn(C)nc1C. The molecule has 6 nitrogen and oxygen atoms in total. The van der Waals surface area contributed by atoms with E-state index >= 15 is 0 Å². The molecule has 1 fully saturated rings. The monoisotopic (exact) mass is 289 g/mol. The molecule has 0 amide bonds. The number of nitrogens with one attached hydrogen (secondary N) is 1. The van der Waals surface area contributed by atoms with E-state index in [1.54, 1.807) is 0 Å². The Morgan fingerprint density at radius 1 is 1.48 bits per heavy atom. The average Bonchev–Trinajstić information content (AvgIpc) is 3.15. The van der Waals surface area contributed by atoms with Crippen molar-refractivity contribution in [2.45, 2.75) is 45.5 Å². The van der Waals surface area contributed by atoms with Crippen LogP contribution in [0.1, 0.15) is 36.4 Å². The van der Waals surface area contributed by atoms with Gasteiger partial charge >= 0.3 is 0 Å². The van der Waals surface area contributed by atoms with Gasteiger partial charge in [-0.05, 0) is 20.3 Å². The first-order valence-electron chi connectivity index (χ1n) is 7.53. The molecule has 1 aliphatic rings. The number of aryl methyl sites for hydroxylation is 3. The fraction of sp³-hybridized carbons (Fsp3) is 0.600. The molecule has 0 radical (unpaired) electrons. The second-order valence-corrected chi connectivity index (χ2v) is 5.58. The maximum atomic E-state index is 5.93. The largest absolute Gasteiger partial charge is 0.372 e. The number of ether oxygens (including phenoxy) is 1. The minimum Gasteiger partial charge on any atom is -0.372 e. The third-order valence-electron chi connectivity index (χ3n) is 4.13. The third kappa shape index (κ3) is 2.87. The van der Waals surface area contributed by atoms with Gasteiger partial charge in [0.15, 0.2) is 0 Å². The fourth-order valence-electron chi connectivity index (χ4n) is 3.02. The first kappa shape index (κ1) is 14.3. The molecule has 1 aliphatic heterocycles. The molecule has 2 atom stereocenters. The van der Waals surface area contributed by atoms with Gasteiger partial charge in [0.2, 0.25) is 0 Å². The second-order valence-electron chi connectivity index (χ2n) is 5.58. The predicted octanol–water partition coefficient (Wildman–Crippen LogP) is 1.56.